The van der Waals surface area contributed by atoms with E-state index >= 15 is 0 Å². The van der Waals surface area contributed by atoms with Crippen LogP contribution in [0.25, 0.3) is 98.6 Å². The molecule has 0 aliphatic carbocycles. The quantitative estimate of drug-likeness (QED) is 0.180. The van der Waals surface area contributed by atoms with E-state index < -0.39 is 0 Å². The van der Waals surface area contributed by atoms with Crippen LogP contribution < -0.4 is 0 Å². The third-order valence-corrected chi connectivity index (χ3v) is 11.1. The van der Waals surface area contributed by atoms with Gasteiger partial charge in [0.15, 0.2) is 0 Å². The van der Waals surface area contributed by atoms with E-state index in [1.165, 1.54) is 0 Å². The summed E-state index contributed by atoms with van der Waals surface area (Å²) in [5.41, 5.74) is 9.16. The molecule has 0 amide bonds. The van der Waals surface area contributed by atoms with Crippen LogP contribution in [0.1, 0.15) is 11.1 Å². The standard InChI is InChI=1S/C54H32N4/c55-31-35-13-17-37(18-14-35)53-27-23-41(33-57-53)39-21-25-49-45-9-1-2-10-46(45)50-26-22-40(42-24-28-54(58-34-42)38-19-15-36(32-56)16-20-38)30-52(50)48-12-6-4-8-44(48)43-7-3-5-11-47(43)51(49)29-39/h1-30,33-34H. The minimum Gasteiger partial charge on any atom is -0.256 e. The van der Waals surface area contributed by atoms with Crippen molar-refractivity contribution in [3.8, 4) is 56.9 Å². The first kappa shape index (κ1) is 34.3. The molecule has 0 N–H and O–H groups in total. The Morgan fingerprint density at radius 2 is 0.569 bits per heavy atom. The number of nitriles is 2. The summed E-state index contributed by atoms with van der Waals surface area (Å²) in [6.07, 6.45) is 3.88. The summed E-state index contributed by atoms with van der Waals surface area (Å²) in [4.78, 5) is 9.69. The molecule has 0 saturated heterocycles. The van der Waals surface area contributed by atoms with Crippen LogP contribution in [0.4, 0.5) is 0 Å². The van der Waals surface area contributed by atoms with Crippen molar-refractivity contribution in [3.63, 3.8) is 0 Å². The lowest BCUT2D eigenvalue weighted by Gasteiger charge is -2.12. The zero-order chi connectivity index (χ0) is 39.0. The number of hydrogen-bond acceptors (Lipinski definition) is 4. The van der Waals surface area contributed by atoms with Gasteiger partial charge in [-0.25, -0.2) is 0 Å². The van der Waals surface area contributed by atoms with Crippen LogP contribution in [0.5, 0.6) is 0 Å². The number of hydrogen-bond donors (Lipinski definition) is 0. The molecule has 10 aromatic rings. The molecule has 0 fully saturated rings. The summed E-state index contributed by atoms with van der Waals surface area (Å²) in [7, 11) is 0. The topological polar surface area (TPSA) is 73.4 Å². The van der Waals surface area contributed by atoms with Crippen molar-refractivity contribution in [1.82, 2.24) is 9.97 Å². The van der Waals surface area contributed by atoms with E-state index in [2.05, 4.69) is 133 Å². The van der Waals surface area contributed by atoms with Gasteiger partial charge in [0.1, 0.15) is 0 Å². The second-order valence-electron chi connectivity index (χ2n) is 14.4. The predicted octanol–water partition coefficient (Wildman–Crippen LogP) is 13.8. The molecule has 4 nitrogen and oxygen atoms in total. The monoisotopic (exact) mass is 736 g/mol. The molecular weight excluding hydrogens is 705 g/mol. The molecule has 2 aromatic heterocycles. The second kappa shape index (κ2) is 14.5. The molecule has 0 unspecified atom stereocenters. The van der Waals surface area contributed by atoms with Crippen molar-refractivity contribution in [2.75, 3.05) is 0 Å². The van der Waals surface area contributed by atoms with Gasteiger partial charge < -0.3 is 0 Å². The van der Waals surface area contributed by atoms with Gasteiger partial charge in [0.05, 0.1) is 34.7 Å². The molecule has 58 heavy (non-hydrogen) atoms. The van der Waals surface area contributed by atoms with Crippen LogP contribution in [0.2, 0.25) is 0 Å². The average Bonchev–Trinajstić information content (AvgIpc) is 3.31. The summed E-state index contributed by atoms with van der Waals surface area (Å²) < 4.78 is 0. The van der Waals surface area contributed by atoms with Crippen LogP contribution >= 0.6 is 0 Å². The molecule has 4 heteroatoms. The molecule has 0 aliphatic heterocycles. The van der Waals surface area contributed by atoms with E-state index in [1.54, 1.807) is 0 Å². The second-order valence-corrected chi connectivity index (χ2v) is 14.4. The normalized spacial score (nSPS) is 11.1. The fraction of sp³-hybridized carbons (Fsp3) is 0. The third kappa shape index (κ3) is 6.13. The van der Waals surface area contributed by atoms with E-state index in [4.69, 9.17) is 9.97 Å². The Kier molecular flexibility index (Phi) is 8.57. The van der Waals surface area contributed by atoms with Crippen molar-refractivity contribution >= 4 is 53.9 Å². The zero-order valence-corrected chi connectivity index (χ0v) is 31.3. The first-order chi connectivity index (χ1) is 28.6. The van der Waals surface area contributed by atoms with Gasteiger partial charge in [-0.15, -0.1) is 0 Å². The average molecular weight is 737 g/mol. The van der Waals surface area contributed by atoms with Crippen LogP contribution in [-0.4, -0.2) is 9.97 Å². The third-order valence-electron chi connectivity index (χ3n) is 11.1. The first-order valence-corrected chi connectivity index (χ1v) is 19.2. The van der Waals surface area contributed by atoms with Crippen molar-refractivity contribution in [2.45, 2.75) is 0 Å². The van der Waals surface area contributed by atoms with Gasteiger partial charge in [-0.1, -0.05) is 133 Å². The Labute approximate surface area is 335 Å². The minimum atomic E-state index is 0.631. The highest BCUT2D eigenvalue weighted by Crippen LogP contribution is 2.39. The van der Waals surface area contributed by atoms with Gasteiger partial charge >= 0.3 is 0 Å². The molecule has 8 aromatic carbocycles. The van der Waals surface area contributed by atoms with Gasteiger partial charge in [0, 0.05) is 34.6 Å². The Morgan fingerprint density at radius 3 is 0.879 bits per heavy atom. The molecule has 0 radical (unpaired) electrons. The molecule has 0 atom stereocenters. The Balaban J connectivity index is 1.20. The Hall–Kier alpha value is -8.18. The predicted molar refractivity (Wildman–Crippen MR) is 238 cm³/mol. The van der Waals surface area contributed by atoms with Crippen LogP contribution in [0.3, 0.4) is 0 Å². The van der Waals surface area contributed by atoms with Crippen LogP contribution in [0.15, 0.2) is 194 Å². The molecule has 0 aliphatic rings. The van der Waals surface area contributed by atoms with Crippen LogP contribution in [-0.2, 0) is 0 Å². The Bertz CT molecular complexity index is 3080. The van der Waals surface area contributed by atoms with E-state index in [1.807, 2.05) is 73.1 Å². The highest BCUT2D eigenvalue weighted by molar-refractivity contribution is 6.26. The summed E-state index contributed by atoms with van der Waals surface area (Å²) in [5, 5.41) is 30.1. The van der Waals surface area contributed by atoms with Gasteiger partial charge in [-0.3, -0.25) is 9.97 Å². The fourth-order valence-electron chi connectivity index (χ4n) is 8.12. The molecule has 2 heterocycles. The molecule has 0 bridgehead atoms. The van der Waals surface area contributed by atoms with E-state index in [0.717, 1.165) is 98.6 Å². The first-order valence-electron chi connectivity index (χ1n) is 19.2. The van der Waals surface area contributed by atoms with Gasteiger partial charge in [-0.05, 0) is 114 Å². The highest BCUT2D eigenvalue weighted by atomic mass is 14.7. The summed E-state index contributed by atoms with van der Waals surface area (Å²) in [6, 6.07) is 67.5. The van der Waals surface area contributed by atoms with Crippen molar-refractivity contribution < 1.29 is 0 Å². The molecule has 0 saturated carbocycles. The number of nitrogens with zero attached hydrogens (tertiary/aromatic N) is 4. The van der Waals surface area contributed by atoms with Crippen molar-refractivity contribution in [1.29, 1.82) is 10.5 Å². The lowest BCUT2D eigenvalue weighted by atomic mass is 9.92. The number of pyridine rings is 2. The maximum Gasteiger partial charge on any atom is 0.0991 e. The maximum absolute atomic E-state index is 9.24. The van der Waals surface area contributed by atoms with Crippen LogP contribution in [0, 0.1) is 22.7 Å². The van der Waals surface area contributed by atoms with Gasteiger partial charge in [0.25, 0.3) is 0 Å². The summed E-state index contributed by atoms with van der Waals surface area (Å²) in [6.45, 7) is 0. The summed E-state index contributed by atoms with van der Waals surface area (Å²) in [5.74, 6) is 0. The highest BCUT2D eigenvalue weighted by Gasteiger charge is 2.12. The fourth-order valence-corrected chi connectivity index (χ4v) is 8.12. The smallest absolute Gasteiger partial charge is 0.0991 e. The lowest BCUT2D eigenvalue weighted by Crippen LogP contribution is -1.87. The van der Waals surface area contributed by atoms with Crippen molar-refractivity contribution in [2.24, 2.45) is 0 Å². The van der Waals surface area contributed by atoms with Gasteiger partial charge in [0.2, 0.25) is 0 Å². The molecule has 10 rings (SSSR count). The minimum absolute atomic E-state index is 0.631. The van der Waals surface area contributed by atoms with Gasteiger partial charge in [-0.2, -0.15) is 10.5 Å². The maximum atomic E-state index is 9.24. The van der Waals surface area contributed by atoms with E-state index in [0.29, 0.717) is 11.1 Å². The lowest BCUT2D eigenvalue weighted by molar-refractivity contribution is 1.32. The van der Waals surface area contributed by atoms with Crippen molar-refractivity contribution in [3.05, 3.63) is 206 Å². The van der Waals surface area contributed by atoms with E-state index in [-0.39, 0.29) is 0 Å². The largest absolute Gasteiger partial charge is 0.256 e. The summed E-state index contributed by atoms with van der Waals surface area (Å²) >= 11 is 0. The molecule has 0 spiro atoms. The molecular formula is C54H32N4. The number of rotatable bonds is 4. The SMILES string of the molecule is N#Cc1ccc(-c2ccc(-c3ccc4c5ccccc5c5ccc(-c6ccc(-c7ccc(C#N)cc7)nc6)cc5c5ccccc5c5ccccc5c4c3)cn2)cc1. The molecule has 268 valence electrons. The van der Waals surface area contributed by atoms with E-state index in [9.17, 15) is 10.5 Å². The number of benzene rings is 7. The number of fused-ring (bicyclic) bond motifs is 10. The zero-order valence-electron chi connectivity index (χ0n) is 31.3. The number of aromatic nitrogens is 2. The Morgan fingerprint density at radius 1 is 0.276 bits per heavy atom.